The van der Waals surface area contributed by atoms with Gasteiger partial charge in [0, 0.05) is 13.0 Å². The van der Waals surface area contributed by atoms with Crippen LogP contribution < -0.4 is 0 Å². The second kappa shape index (κ2) is 34.9. The van der Waals surface area contributed by atoms with Gasteiger partial charge in [0.05, 0.1) is 13.2 Å². The van der Waals surface area contributed by atoms with Crippen molar-refractivity contribution in [2.75, 3.05) is 19.8 Å². The molecule has 0 aromatic rings. The lowest BCUT2D eigenvalue weighted by Gasteiger charge is -2.41. The van der Waals surface area contributed by atoms with Gasteiger partial charge in [0.1, 0.15) is 42.7 Å². The van der Waals surface area contributed by atoms with Crippen molar-refractivity contribution in [3.05, 3.63) is 12.2 Å². The molecule has 13 heteroatoms. The highest BCUT2D eigenvalue weighted by molar-refractivity contribution is 7.47. The Hall–Kier alpha value is -0.920. The number of carbonyl (C=O) groups is 1. The SMILES string of the molecule is CCCCCCCCC/C=C\CCCCCCCCCCOCC(COP(=O)(O)OC1C(O)C(O)C(O)C(O)C1O)OC(=O)CCCCCCCCCCCC. The lowest BCUT2D eigenvalue weighted by molar-refractivity contribution is -0.220. The number of rotatable bonds is 38. The van der Waals surface area contributed by atoms with Gasteiger partial charge in [-0.05, 0) is 38.5 Å². The van der Waals surface area contributed by atoms with Crippen LogP contribution in [0, 0.1) is 0 Å². The smallest absolute Gasteiger partial charge is 0.457 e. The third kappa shape index (κ3) is 27.0. The summed E-state index contributed by atoms with van der Waals surface area (Å²) in [5.41, 5.74) is 0. The number of esters is 1. The maximum absolute atomic E-state index is 12.8. The van der Waals surface area contributed by atoms with E-state index in [1.165, 1.54) is 128 Å². The van der Waals surface area contributed by atoms with Crippen molar-refractivity contribution in [1.29, 1.82) is 0 Å². The minimum atomic E-state index is -5.01. The molecule has 1 aliphatic carbocycles. The molecule has 0 amide bonds. The normalized spacial score (nSPS) is 23.1. The molecule has 0 aliphatic heterocycles. The fourth-order valence-corrected chi connectivity index (χ4v) is 7.97. The fraction of sp³-hybridized carbons (Fsp3) is 0.930. The number of unbranched alkanes of at least 4 members (excludes halogenated alkanes) is 24. The quantitative estimate of drug-likeness (QED) is 0.0150. The molecule has 332 valence electrons. The van der Waals surface area contributed by atoms with Crippen LogP contribution in [0.2, 0.25) is 0 Å². The molecule has 0 spiro atoms. The summed E-state index contributed by atoms with van der Waals surface area (Å²) in [5, 5.41) is 50.1. The Labute approximate surface area is 339 Å². The van der Waals surface area contributed by atoms with E-state index >= 15 is 0 Å². The molecule has 6 unspecified atom stereocenters. The van der Waals surface area contributed by atoms with Crippen LogP contribution in [0.3, 0.4) is 0 Å². The van der Waals surface area contributed by atoms with Crippen LogP contribution in [0.15, 0.2) is 12.2 Å². The van der Waals surface area contributed by atoms with E-state index in [1.54, 1.807) is 0 Å². The van der Waals surface area contributed by atoms with Gasteiger partial charge in [-0.15, -0.1) is 0 Å². The number of phosphoric acid groups is 1. The number of carbonyl (C=O) groups excluding carboxylic acids is 1. The van der Waals surface area contributed by atoms with Gasteiger partial charge in [-0.1, -0.05) is 161 Å². The van der Waals surface area contributed by atoms with Crippen molar-refractivity contribution >= 4 is 13.8 Å². The molecule has 0 saturated heterocycles. The summed E-state index contributed by atoms with van der Waals surface area (Å²) in [7, 11) is -5.01. The molecule has 0 radical (unpaired) electrons. The van der Waals surface area contributed by atoms with Gasteiger partial charge in [-0.25, -0.2) is 4.57 Å². The molecule has 0 heterocycles. The van der Waals surface area contributed by atoms with Crippen molar-refractivity contribution in [2.24, 2.45) is 0 Å². The Morgan fingerprint density at radius 3 is 1.41 bits per heavy atom. The van der Waals surface area contributed by atoms with Crippen molar-refractivity contribution < 1.29 is 58.3 Å². The van der Waals surface area contributed by atoms with Gasteiger partial charge >= 0.3 is 13.8 Å². The second-order valence-corrected chi connectivity index (χ2v) is 17.3. The Kier molecular flexibility index (Phi) is 33.1. The highest BCUT2D eigenvalue weighted by atomic mass is 31.2. The second-order valence-electron chi connectivity index (χ2n) is 15.9. The summed E-state index contributed by atoms with van der Waals surface area (Å²) in [4.78, 5) is 23.0. The number of hydrogen-bond acceptors (Lipinski definition) is 11. The number of aliphatic hydroxyl groups excluding tert-OH is 5. The third-order valence-corrected chi connectivity index (χ3v) is 11.6. The van der Waals surface area contributed by atoms with Crippen LogP contribution in [0.5, 0.6) is 0 Å². The van der Waals surface area contributed by atoms with Crippen molar-refractivity contribution in [2.45, 2.75) is 236 Å². The molecule has 1 saturated carbocycles. The topological polar surface area (TPSA) is 192 Å². The van der Waals surface area contributed by atoms with E-state index in [1.807, 2.05) is 0 Å². The Bertz CT molecular complexity index is 984. The van der Waals surface area contributed by atoms with Crippen molar-refractivity contribution in [3.8, 4) is 0 Å². The lowest BCUT2D eigenvalue weighted by atomic mass is 9.85. The maximum Gasteiger partial charge on any atom is 0.472 e. The largest absolute Gasteiger partial charge is 0.472 e. The number of phosphoric ester groups is 1. The molecule has 0 bridgehead atoms. The highest BCUT2D eigenvalue weighted by Crippen LogP contribution is 2.47. The van der Waals surface area contributed by atoms with E-state index in [9.17, 15) is 39.8 Å². The van der Waals surface area contributed by atoms with E-state index in [0.29, 0.717) is 13.0 Å². The van der Waals surface area contributed by atoms with Crippen molar-refractivity contribution in [3.63, 3.8) is 0 Å². The van der Waals surface area contributed by atoms with E-state index in [4.69, 9.17) is 18.5 Å². The van der Waals surface area contributed by atoms with Gasteiger partial charge < -0.3 is 39.9 Å². The molecule has 1 rings (SSSR count). The number of allylic oxidation sites excluding steroid dienone is 2. The van der Waals surface area contributed by atoms with E-state index in [-0.39, 0.29) is 13.0 Å². The standard InChI is InChI=1S/C43H83O12P/c1-3-5-7-9-11-13-15-16-17-18-19-20-21-22-23-25-27-29-31-33-52-34-36(54-37(44)32-30-28-26-24-14-12-10-8-6-4-2)35-53-56(50,51)55-43-41(48)39(46)38(45)40(47)42(43)49/h17-18,36,38-43,45-49H,3-16,19-35H2,1-2H3,(H,50,51)/b18-17-. The molecule has 56 heavy (non-hydrogen) atoms. The number of hydrogen-bond donors (Lipinski definition) is 6. The van der Waals surface area contributed by atoms with Crippen LogP contribution in [0.1, 0.15) is 194 Å². The van der Waals surface area contributed by atoms with Crippen LogP contribution in [-0.2, 0) is 27.9 Å². The summed E-state index contributed by atoms with van der Waals surface area (Å²) >= 11 is 0. The molecule has 0 aromatic carbocycles. The van der Waals surface area contributed by atoms with Crippen molar-refractivity contribution in [1.82, 2.24) is 0 Å². The van der Waals surface area contributed by atoms with E-state index in [2.05, 4.69) is 26.0 Å². The molecular weight excluding hydrogens is 739 g/mol. The number of ether oxygens (including phenoxy) is 2. The summed E-state index contributed by atoms with van der Waals surface area (Å²) < 4.78 is 34.1. The van der Waals surface area contributed by atoms with Gasteiger partial charge in [0.2, 0.25) is 0 Å². The lowest BCUT2D eigenvalue weighted by Crippen LogP contribution is -2.64. The summed E-state index contributed by atoms with van der Waals surface area (Å²) in [6.45, 7) is 4.24. The minimum Gasteiger partial charge on any atom is -0.457 e. The monoisotopic (exact) mass is 823 g/mol. The van der Waals surface area contributed by atoms with E-state index < -0.39 is 63.1 Å². The first-order chi connectivity index (χ1) is 27.0. The zero-order valence-corrected chi connectivity index (χ0v) is 36.1. The first-order valence-electron chi connectivity index (χ1n) is 22.5. The molecule has 1 aliphatic rings. The van der Waals surface area contributed by atoms with Gasteiger partial charge in [-0.3, -0.25) is 13.8 Å². The van der Waals surface area contributed by atoms with Gasteiger partial charge in [-0.2, -0.15) is 0 Å². The number of aliphatic hydroxyl groups is 5. The van der Waals surface area contributed by atoms with Crippen LogP contribution >= 0.6 is 7.82 Å². The van der Waals surface area contributed by atoms with Crippen LogP contribution in [0.4, 0.5) is 0 Å². The fourth-order valence-electron chi connectivity index (χ4n) is 7.00. The average molecular weight is 823 g/mol. The molecular formula is C43H83O12P. The Balaban J connectivity index is 2.36. The average Bonchev–Trinajstić information content (AvgIpc) is 3.18. The molecule has 6 atom stereocenters. The summed E-state index contributed by atoms with van der Waals surface area (Å²) in [5.74, 6) is -0.478. The summed E-state index contributed by atoms with van der Waals surface area (Å²) in [6, 6.07) is 0. The molecule has 1 fully saturated rings. The maximum atomic E-state index is 12.8. The summed E-state index contributed by atoms with van der Waals surface area (Å²) in [6.07, 6.45) is 24.4. The molecule has 12 nitrogen and oxygen atoms in total. The molecule has 0 aromatic heterocycles. The van der Waals surface area contributed by atoms with Gasteiger partial charge in [0.15, 0.2) is 0 Å². The van der Waals surface area contributed by atoms with Crippen LogP contribution in [0.25, 0.3) is 0 Å². The zero-order chi connectivity index (χ0) is 41.3. The predicted octanol–water partition coefficient (Wildman–Crippen LogP) is 8.75. The Morgan fingerprint density at radius 1 is 0.554 bits per heavy atom. The minimum absolute atomic E-state index is 0.0738. The van der Waals surface area contributed by atoms with Crippen LogP contribution in [-0.4, -0.2) is 98.9 Å². The highest BCUT2D eigenvalue weighted by Gasteiger charge is 2.51. The van der Waals surface area contributed by atoms with Gasteiger partial charge in [0.25, 0.3) is 0 Å². The first-order valence-corrected chi connectivity index (χ1v) is 24.0. The predicted molar refractivity (Wildman–Crippen MR) is 221 cm³/mol. The first kappa shape index (κ1) is 53.1. The Morgan fingerprint density at radius 2 is 0.946 bits per heavy atom. The zero-order valence-electron chi connectivity index (χ0n) is 35.2. The van der Waals surface area contributed by atoms with E-state index in [0.717, 1.165) is 38.5 Å². The third-order valence-electron chi connectivity index (χ3n) is 10.6. The molecule has 6 N–H and O–H groups in total.